The summed E-state index contributed by atoms with van der Waals surface area (Å²) in [5.74, 6) is 0.654. The van der Waals surface area contributed by atoms with Crippen LogP contribution in [0.15, 0.2) is 72.8 Å². The van der Waals surface area contributed by atoms with E-state index in [0.717, 1.165) is 11.3 Å². The fourth-order valence-electron chi connectivity index (χ4n) is 2.74. The zero-order valence-corrected chi connectivity index (χ0v) is 15.8. The van der Waals surface area contributed by atoms with Crippen LogP contribution in [0.25, 0.3) is 0 Å². The van der Waals surface area contributed by atoms with E-state index < -0.39 is 11.0 Å². The Balaban J connectivity index is 2.07. The van der Waals surface area contributed by atoms with Crippen LogP contribution in [0.2, 0.25) is 5.02 Å². The van der Waals surface area contributed by atoms with Gasteiger partial charge < -0.3 is 9.64 Å². The third-order valence-corrected chi connectivity index (χ3v) is 4.53. The lowest BCUT2D eigenvalue weighted by atomic mass is 10.00. The Labute approximate surface area is 162 Å². The Hall–Kier alpha value is -3.05. The fourth-order valence-corrected chi connectivity index (χ4v) is 2.96. The standard InChI is InChI=1S/C21H19ClN2O3/c1-23(2)16-10-8-15(9-11-16)21(27-18-6-4-3-5-7-18)19-14-17(24(25)26)12-13-20(19)22/h3-14,21H,1-2H3. The molecule has 5 nitrogen and oxygen atoms in total. The van der Waals surface area contributed by atoms with Gasteiger partial charge in [0.25, 0.3) is 5.69 Å². The predicted molar refractivity (Wildman–Crippen MR) is 108 cm³/mol. The normalized spacial score (nSPS) is 11.7. The third-order valence-electron chi connectivity index (χ3n) is 4.18. The zero-order chi connectivity index (χ0) is 19.4. The van der Waals surface area contributed by atoms with Crippen LogP contribution >= 0.6 is 11.6 Å². The van der Waals surface area contributed by atoms with Crippen LogP contribution < -0.4 is 9.64 Å². The lowest BCUT2D eigenvalue weighted by Crippen LogP contribution is -2.12. The number of ether oxygens (including phenoxy) is 1. The Kier molecular flexibility index (Phi) is 5.62. The van der Waals surface area contributed by atoms with Crippen LogP contribution in [0.3, 0.4) is 0 Å². The highest BCUT2D eigenvalue weighted by atomic mass is 35.5. The second kappa shape index (κ2) is 8.10. The largest absolute Gasteiger partial charge is 0.481 e. The molecule has 1 unspecified atom stereocenters. The van der Waals surface area contributed by atoms with Gasteiger partial charge in [-0.1, -0.05) is 41.9 Å². The van der Waals surface area contributed by atoms with Gasteiger partial charge in [0.15, 0.2) is 6.10 Å². The maximum Gasteiger partial charge on any atom is 0.269 e. The molecule has 3 rings (SSSR count). The minimum absolute atomic E-state index is 0.0269. The molecule has 1 atom stereocenters. The molecular weight excluding hydrogens is 364 g/mol. The van der Waals surface area contributed by atoms with Crippen molar-refractivity contribution in [3.05, 3.63) is 99.1 Å². The predicted octanol–water partition coefficient (Wildman–Crippen LogP) is 5.48. The summed E-state index contributed by atoms with van der Waals surface area (Å²) in [5, 5.41) is 11.6. The first-order valence-corrected chi connectivity index (χ1v) is 8.76. The van der Waals surface area contributed by atoms with Crippen molar-refractivity contribution in [2.75, 3.05) is 19.0 Å². The number of nitro groups is 1. The molecule has 0 aliphatic carbocycles. The molecule has 27 heavy (non-hydrogen) atoms. The summed E-state index contributed by atoms with van der Waals surface area (Å²) < 4.78 is 6.18. The van der Waals surface area contributed by atoms with E-state index in [4.69, 9.17) is 16.3 Å². The van der Waals surface area contributed by atoms with Crippen LogP contribution in [0.5, 0.6) is 5.75 Å². The first kappa shape index (κ1) is 18.7. The van der Waals surface area contributed by atoms with Gasteiger partial charge >= 0.3 is 0 Å². The SMILES string of the molecule is CN(C)c1ccc(C(Oc2ccccc2)c2cc([N+](=O)[O-])ccc2Cl)cc1. The van der Waals surface area contributed by atoms with E-state index in [1.807, 2.05) is 73.6 Å². The lowest BCUT2D eigenvalue weighted by molar-refractivity contribution is -0.385. The van der Waals surface area contributed by atoms with Crippen LogP contribution in [0, 0.1) is 10.1 Å². The fraction of sp³-hybridized carbons (Fsp3) is 0.143. The smallest absolute Gasteiger partial charge is 0.269 e. The van der Waals surface area contributed by atoms with E-state index in [0.29, 0.717) is 16.3 Å². The van der Waals surface area contributed by atoms with Gasteiger partial charge in [-0.15, -0.1) is 0 Å². The van der Waals surface area contributed by atoms with Crippen LogP contribution in [-0.2, 0) is 0 Å². The molecule has 0 fully saturated rings. The number of non-ortho nitro benzene ring substituents is 1. The number of benzene rings is 3. The summed E-state index contributed by atoms with van der Waals surface area (Å²) in [7, 11) is 3.93. The molecule has 0 aliphatic rings. The third kappa shape index (κ3) is 4.38. The van der Waals surface area contributed by atoms with Crippen molar-refractivity contribution in [3.63, 3.8) is 0 Å². The molecule has 138 valence electrons. The highest BCUT2D eigenvalue weighted by molar-refractivity contribution is 6.31. The van der Waals surface area contributed by atoms with Gasteiger partial charge in [0.2, 0.25) is 0 Å². The van der Waals surface area contributed by atoms with E-state index in [1.165, 1.54) is 18.2 Å². The highest BCUT2D eigenvalue weighted by Gasteiger charge is 2.22. The van der Waals surface area contributed by atoms with Crippen molar-refractivity contribution in [3.8, 4) is 5.75 Å². The first-order chi connectivity index (χ1) is 13.0. The molecule has 0 saturated heterocycles. The quantitative estimate of drug-likeness (QED) is 0.418. The van der Waals surface area contributed by atoms with Crippen molar-refractivity contribution >= 4 is 23.0 Å². The number of nitro benzene ring substituents is 1. The van der Waals surface area contributed by atoms with Crippen molar-refractivity contribution in [2.45, 2.75) is 6.10 Å². The topological polar surface area (TPSA) is 55.6 Å². The Morgan fingerprint density at radius 2 is 1.67 bits per heavy atom. The van der Waals surface area contributed by atoms with Gasteiger partial charge in [0.1, 0.15) is 5.75 Å². The summed E-state index contributed by atoms with van der Waals surface area (Å²) >= 11 is 6.38. The van der Waals surface area contributed by atoms with Crippen molar-refractivity contribution in [2.24, 2.45) is 0 Å². The second-order valence-electron chi connectivity index (χ2n) is 6.26. The van der Waals surface area contributed by atoms with E-state index >= 15 is 0 Å². The Morgan fingerprint density at radius 3 is 2.26 bits per heavy atom. The molecule has 0 amide bonds. The van der Waals surface area contributed by atoms with Gasteiger partial charge in [0, 0.05) is 42.5 Å². The number of para-hydroxylation sites is 1. The number of nitrogens with zero attached hydrogens (tertiary/aromatic N) is 2. The van der Waals surface area contributed by atoms with Gasteiger partial charge in [-0.05, 0) is 35.9 Å². The monoisotopic (exact) mass is 382 g/mol. The van der Waals surface area contributed by atoms with Gasteiger partial charge in [-0.2, -0.15) is 0 Å². The first-order valence-electron chi connectivity index (χ1n) is 8.38. The molecule has 3 aromatic carbocycles. The maximum atomic E-state index is 11.2. The second-order valence-corrected chi connectivity index (χ2v) is 6.67. The minimum atomic E-state index is -0.573. The summed E-state index contributed by atoms with van der Waals surface area (Å²) in [4.78, 5) is 12.8. The molecule has 0 bridgehead atoms. The number of anilines is 1. The van der Waals surface area contributed by atoms with E-state index in [1.54, 1.807) is 0 Å². The summed E-state index contributed by atoms with van der Waals surface area (Å²) in [6, 6.07) is 21.5. The van der Waals surface area contributed by atoms with E-state index in [2.05, 4.69) is 0 Å². The van der Waals surface area contributed by atoms with E-state index in [9.17, 15) is 10.1 Å². The van der Waals surface area contributed by atoms with Crippen LogP contribution in [-0.4, -0.2) is 19.0 Å². The minimum Gasteiger partial charge on any atom is -0.481 e. The van der Waals surface area contributed by atoms with Crippen molar-refractivity contribution in [1.82, 2.24) is 0 Å². The van der Waals surface area contributed by atoms with Gasteiger partial charge in [0.05, 0.1) is 4.92 Å². The van der Waals surface area contributed by atoms with Gasteiger partial charge in [-0.3, -0.25) is 10.1 Å². The molecule has 6 heteroatoms. The Bertz CT molecular complexity index is 928. The maximum absolute atomic E-state index is 11.2. The average molecular weight is 383 g/mol. The van der Waals surface area contributed by atoms with Crippen molar-refractivity contribution in [1.29, 1.82) is 0 Å². The highest BCUT2D eigenvalue weighted by Crippen LogP contribution is 2.35. The molecule has 0 N–H and O–H groups in total. The molecular formula is C21H19ClN2O3. The molecule has 3 aromatic rings. The molecule has 0 heterocycles. The van der Waals surface area contributed by atoms with Crippen LogP contribution in [0.4, 0.5) is 11.4 Å². The molecule has 0 radical (unpaired) electrons. The number of hydrogen-bond acceptors (Lipinski definition) is 4. The molecule has 0 aromatic heterocycles. The summed E-state index contributed by atoms with van der Waals surface area (Å²) in [5.41, 5.74) is 2.42. The lowest BCUT2D eigenvalue weighted by Gasteiger charge is -2.22. The molecule has 0 aliphatic heterocycles. The van der Waals surface area contributed by atoms with Crippen molar-refractivity contribution < 1.29 is 9.66 Å². The van der Waals surface area contributed by atoms with Crippen LogP contribution in [0.1, 0.15) is 17.2 Å². The average Bonchev–Trinajstić information content (AvgIpc) is 2.67. The summed E-state index contributed by atoms with van der Waals surface area (Å²) in [6.45, 7) is 0. The zero-order valence-electron chi connectivity index (χ0n) is 15.0. The number of rotatable bonds is 6. The van der Waals surface area contributed by atoms with E-state index in [-0.39, 0.29) is 5.69 Å². The summed E-state index contributed by atoms with van der Waals surface area (Å²) in [6.07, 6.45) is -0.573. The number of halogens is 1. The van der Waals surface area contributed by atoms with Gasteiger partial charge in [-0.25, -0.2) is 0 Å². The Morgan fingerprint density at radius 1 is 1.00 bits per heavy atom. The molecule has 0 saturated carbocycles. The number of hydrogen-bond donors (Lipinski definition) is 0. The molecule has 0 spiro atoms.